The number of aryl methyl sites for hydroxylation is 1. The van der Waals surface area contributed by atoms with Crippen molar-refractivity contribution in [3.05, 3.63) is 51.5 Å². The molecule has 0 aliphatic heterocycles. The van der Waals surface area contributed by atoms with Crippen LogP contribution in [0.15, 0.2) is 30.3 Å². The summed E-state index contributed by atoms with van der Waals surface area (Å²) < 4.78 is 0. The van der Waals surface area contributed by atoms with E-state index in [1.807, 2.05) is 13.0 Å². The molecule has 2 aromatic rings. The number of thiazole rings is 1. The molecule has 1 aromatic heterocycles. The summed E-state index contributed by atoms with van der Waals surface area (Å²) in [7, 11) is 0. The number of aromatic nitrogens is 1. The van der Waals surface area contributed by atoms with Crippen molar-refractivity contribution in [3.8, 4) is 0 Å². The zero-order chi connectivity index (χ0) is 17.8. The van der Waals surface area contributed by atoms with Gasteiger partial charge >= 0.3 is 5.97 Å². The molecule has 0 saturated heterocycles. The van der Waals surface area contributed by atoms with Gasteiger partial charge in [-0.25, -0.2) is 4.98 Å². The Morgan fingerprint density at radius 1 is 1.28 bits per heavy atom. The van der Waals surface area contributed by atoms with Crippen molar-refractivity contribution in [3.63, 3.8) is 0 Å². The van der Waals surface area contributed by atoms with Gasteiger partial charge in [-0.05, 0) is 25.3 Å². The molecule has 1 aliphatic carbocycles. The Hall–Kier alpha value is -2.21. The summed E-state index contributed by atoms with van der Waals surface area (Å²) in [5, 5.41) is 13.3. The number of rotatable bonds is 6. The highest BCUT2D eigenvalue weighted by Gasteiger charge is 2.25. The SMILES string of the molecule is Cc1nc(C2CCCC2)sc1C(=O)NCC(C(=O)O)c1ccccc1. The molecule has 132 valence electrons. The molecule has 0 bridgehead atoms. The molecule has 0 spiro atoms. The number of carbonyl (C=O) groups is 2. The van der Waals surface area contributed by atoms with Crippen molar-refractivity contribution in [2.75, 3.05) is 6.54 Å². The highest BCUT2D eigenvalue weighted by Crippen LogP contribution is 2.37. The zero-order valence-electron chi connectivity index (χ0n) is 14.2. The van der Waals surface area contributed by atoms with Crippen LogP contribution in [0.4, 0.5) is 0 Å². The smallest absolute Gasteiger partial charge is 0.312 e. The predicted molar refractivity (Wildman–Crippen MR) is 97.2 cm³/mol. The number of carbonyl (C=O) groups excluding carboxylic acids is 1. The summed E-state index contributed by atoms with van der Waals surface area (Å²) in [5.41, 5.74) is 1.42. The highest BCUT2D eigenvalue weighted by molar-refractivity contribution is 7.13. The number of hydrogen-bond acceptors (Lipinski definition) is 4. The number of hydrogen-bond donors (Lipinski definition) is 2. The minimum absolute atomic E-state index is 0.0638. The van der Waals surface area contributed by atoms with Gasteiger partial charge in [0.15, 0.2) is 0 Å². The van der Waals surface area contributed by atoms with Crippen molar-refractivity contribution in [1.82, 2.24) is 10.3 Å². The van der Waals surface area contributed by atoms with Gasteiger partial charge in [0.2, 0.25) is 0 Å². The number of carboxylic acid groups (broad SMARTS) is 1. The maximum absolute atomic E-state index is 12.5. The number of amides is 1. The lowest BCUT2D eigenvalue weighted by molar-refractivity contribution is -0.138. The fraction of sp³-hybridized carbons (Fsp3) is 0.421. The fourth-order valence-electron chi connectivity index (χ4n) is 3.28. The molecule has 1 fully saturated rings. The molecular formula is C19H22N2O3S. The Morgan fingerprint density at radius 2 is 1.96 bits per heavy atom. The summed E-state index contributed by atoms with van der Waals surface area (Å²) in [4.78, 5) is 29.2. The summed E-state index contributed by atoms with van der Waals surface area (Å²) in [6.45, 7) is 1.91. The van der Waals surface area contributed by atoms with E-state index in [1.165, 1.54) is 24.2 Å². The lowest BCUT2D eigenvalue weighted by Crippen LogP contribution is -2.31. The molecule has 3 rings (SSSR count). The topological polar surface area (TPSA) is 79.3 Å². The summed E-state index contributed by atoms with van der Waals surface area (Å²) in [6, 6.07) is 8.97. The van der Waals surface area contributed by atoms with Gasteiger partial charge in [0.25, 0.3) is 5.91 Å². The first kappa shape index (κ1) is 17.6. The van der Waals surface area contributed by atoms with Gasteiger partial charge in [-0.3, -0.25) is 9.59 Å². The van der Waals surface area contributed by atoms with Gasteiger partial charge in [0, 0.05) is 12.5 Å². The molecule has 1 aliphatic rings. The number of carboxylic acids is 1. The summed E-state index contributed by atoms with van der Waals surface area (Å²) in [5.74, 6) is -1.46. The monoisotopic (exact) mass is 358 g/mol. The Morgan fingerprint density at radius 3 is 2.60 bits per heavy atom. The van der Waals surface area contributed by atoms with Crippen molar-refractivity contribution < 1.29 is 14.7 Å². The lowest BCUT2D eigenvalue weighted by atomic mass is 9.99. The average Bonchev–Trinajstić information content (AvgIpc) is 3.25. The van der Waals surface area contributed by atoms with Crippen LogP contribution in [-0.2, 0) is 4.79 Å². The largest absolute Gasteiger partial charge is 0.481 e. The molecule has 1 heterocycles. The third-order valence-corrected chi connectivity index (χ3v) is 6.01. The second-order valence-corrected chi connectivity index (χ2v) is 7.49. The van der Waals surface area contributed by atoms with Crippen LogP contribution in [-0.4, -0.2) is 28.5 Å². The van der Waals surface area contributed by atoms with Crippen LogP contribution >= 0.6 is 11.3 Å². The van der Waals surface area contributed by atoms with E-state index in [9.17, 15) is 14.7 Å². The Labute approximate surface area is 151 Å². The van der Waals surface area contributed by atoms with Crippen molar-refractivity contribution in [2.24, 2.45) is 0 Å². The van der Waals surface area contributed by atoms with E-state index in [-0.39, 0.29) is 12.5 Å². The molecule has 1 atom stereocenters. The van der Waals surface area contributed by atoms with Gasteiger partial charge < -0.3 is 10.4 Å². The first-order valence-electron chi connectivity index (χ1n) is 8.59. The first-order chi connectivity index (χ1) is 12.1. The van der Waals surface area contributed by atoms with Crippen LogP contribution in [0.2, 0.25) is 0 Å². The molecule has 1 unspecified atom stereocenters. The lowest BCUT2D eigenvalue weighted by Gasteiger charge is -2.13. The molecule has 6 heteroatoms. The van der Waals surface area contributed by atoms with Gasteiger partial charge in [0.05, 0.1) is 16.6 Å². The van der Waals surface area contributed by atoms with Crippen molar-refractivity contribution >= 4 is 23.2 Å². The number of aliphatic carboxylic acids is 1. The van der Waals surface area contributed by atoms with Gasteiger partial charge in [-0.15, -0.1) is 11.3 Å². The molecular weight excluding hydrogens is 336 g/mol. The normalized spacial score (nSPS) is 15.9. The maximum Gasteiger partial charge on any atom is 0.312 e. The zero-order valence-corrected chi connectivity index (χ0v) is 15.0. The Balaban J connectivity index is 1.68. The third-order valence-electron chi connectivity index (χ3n) is 4.69. The van der Waals surface area contributed by atoms with Gasteiger partial charge in [-0.2, -0.15) is 0 Å². The van der Waals surface area contributed by atoms with E-state index in [1.54, 1.807) is 24.3 Å². The van der Waals surface area contributed by atoms with Crippen molar-refractivity contribution in [1.29, 1.82) is 0 Å². The molecule has 2 N–H and O–H groups in total. The fourth-order valence-corrected chi connectivity index (χ4v) is 4.44. The third kappa shape index (κ3) is 4.07. The molecule has 5 nitrogen and oxygen atoms in total. The number of benzene rings is 1. The van der Waals surface area contributed by atoms with E-state index in [4.69, 9.17) is 0 Å². The van der Waals surface area contributed by atoms with Crippen LogP contribution in [0.25, 0.3) is 0 Å². The van der Waals surface area contributed by atoms with E-state index >= 15 is 0 Å². The molecule has 1 saturated carbocycles. The predicted octanol–water partition coefficient (Wildman–Crippen LogP) is 3.71. The molecule has 0 radical (unpaired) electrons. The second-order valence-electron chi connectivity index (χ2n) is 6.46. The van der Waals surface area contributed by atoms with Crippen LogP contribution < -0.4 is 5.32 Å². The summed E-state index contributed by atoms with van der Waals surface area (Å²) >= 11 is 1.45. The minimum Gasteiger partial charge on any atom is -0.481 e. The average molecular weight is 358 g/mol. The van der Waals surface area contributed by atoms with E-state index in [0.717, 1.165) is 23.5 Å². The van der Waals surface area contributed by atoms with Crippen LogP contribution in [0.5, 0.6) is 0 Å². The van der Waals surface area contributed by atoms with Gasteiger partial charge in [0.1, 0.15) is 4.88 Å². The van der Waals surface area contributed by atoms with Crippen LogP contribution in [0.1, 0.15) is 63.5 Å². The van der Waals surface area contributed by atoms with E-state index < -0.39 is 11.9 Å². The number of nitrogens with one attached hydrogen (secondary N) is 1. The van der Waals surface area contributed by atoms with Crippen molar-refractivity contribution in [2.45, 2.75) is 44.4 Å². The second kappa shape index (κ2) is 7.78. The maximum atomic E-state index is 12.5. The molecule has 1 aromatic carbocycles. The molecule has 25 heavy (non-hydrogen) atoms. The summed E-state index contributed by atoms with van der Waals surface area (Å²) in [6.07, 6.45) is 4.73. The highest BCUT2D eigenvalue weighted by atomic mass is 32.1. The van der Waals surface area contributed by atoms with Crippen LogP contribution in [0, 0.1) is 6.92 Å². The van der Waals surface area contributed by atoms with E-state index in [0.29, 0.717) is 16.4 Å². The van der Waals surface area contributed by atoms with E-state index in [2.05, 4.69) is 10.3 Å². The Bertz CT molecular complexity index is 751. The quantitative estimate of drug-likeness (QED) is 0.825. The molecule has 1 amide bonds. The first-order valence-corrected chi connectivity index (χ1v) is 9.41. The number of nitrogens with zero attached hydrogens (tertiary/aromatic N) is 1. The van der Waals surface area contributed by atoms with Crippen LogP contribution in [0.3, 0.4) is 0 Å². The minimum atomic E-state index is -0.945. The van der Waals surface area contributed by atoms with Gasteiger partial charge in [-0.1, -0.05) is 43.2 Å². The Kier molecular flexibility index (Phi) is 5.48. The standard InChI is InChI=1S/C19H22N2O3S/c1-12-16(25-18(21-12)14-9-5-6-10-14)17(22)20-11-15(19(23)24)13-7-3-2-4-8-13/h2-4,7-8,14-15H,5-6,9-11H2,1H3,(H,20,22)(H,23,24).